The number of nitrogens with one attached hydrogen (secondary N) is 1. The Hall–Kier alpha value is -1.47. The number of amides is 1. The minimum Gasteiger partial charge on any atom is -0.351 e. The summed E-state index contributed by atoms with van der Waals surface area (Å²) < 4.78 is 35.8. The smallest absolute Gasteiger partial charge is 0.251 e. The van der Waals surface area contributed by atoms with E-state index >= 15 is 0 Å². The predicted molar refractivity (Wildman–Crippen MR) is 72.1 cm³/mol. The molecule has 1 saturated carbocycles. The molecule has 0 radical (unpaired) electrons. The molecule has 1 aliphatic carbocycles. The maximum atomic E-state index is 13.4. The number of benzene rings is 1. The molecule has 1 aromatic rings. The first kappa shape index (κ1) is 14.9. The highest BCUT2D eigenvalue weighted by molar-refractivity contribution is 7.89. The van der Waals surface area contributed by atoms with Crippen molar-refractivity contribution < 1.29 is 17.6 Å². The number of sulfonamides is 1. The molecule has 1 aliphatic rings. The normalized spacial score (nSPS) is 17.4. The lowest BCUT2D eigenvalue weighted by atomic mass is 9.70. The third kappa shape index (κ3) is 3.34. The van der Waals surface area contributed by atoms with Gasteiger partial charge in [-0.25, -0.2) is 17.9 Å². The SMILES string of the molecule is CC1(CNC(=O)c2cc(F)cc(S(N)(=O)=O)c2)CCC1. The molecule has 20 heavy (non-hydrogen) atoms. The summed E-state index contributed by atoms with van der Waals surface area (Å²) in [6, 6.07) is 2.86. The summed E-state index contributed by atoms with van der Waals surface area (Å²) in [5.41, 5.74) is 0.0446. The first-order valence-electron chi connectivity index (χ1n) is 6.31. The Morgan fingerprint density at radius 1 is 1.40 bits per heavy atom. The van der Waals surface area contributed by atoms with Crippen LogP contribution in [0.1, 0.15) is 36.5 Å². The average molecular weight is 300 g/mol. The first-order chi connectivity index (χ1) is 9.20. The van der Waals surface area contributed by atoms with Gasteiger partial charge in [0.2, 0.25) is 10.0 Å². The molecular weight excluding hydrogens is 283 g/mol. The van der Waals surface area contributed by atoms with Gasteiger partial charge in [0.25, 0.3) is 5.91 Å². The van der Waals surface area contributed by atoms with Crippen LogP contribution in [0.3, 0.4) is 0 Å². The highest BCUT2D eigenvalue weighted by Gasteiger charge is 2.32. The van der Waals surface area contributed by atoms with Crippen LogP contribution in [0.5, 0.6) is 0 Å². The largest absolute Gasteiger partial charge is 0.351 e. The van der Waals surface area contributed by atoms with Gasteiger partial charge in [0.15, 0.2) is 0 Å². The van der Waals surface area contributed by atoms with Gasteiger partial charge in [0.1, 0.15) is 5.82 Å². The molecule has 0 bridgehead atoms. The van der Waals surface area contributed by atoms with E-state index in [0.29, 0.717) is 6.54 Å². The van der Waals surface area contributed by atoms with Gasteiger partial charge in [-0.2, -0.15) is 0 Å². The minimum atomic E-state index is -4.04. The zero-order valence-electron chi connectivity index (χ0n) is 11.1. The molecule has 1 aromatic carbocycles. The van der Waals surface area contributed by atoms with Crippen LogP contribution >= 0.6 is 0 Å². The van der Waals surface area contributed by atoms with Crippen molar-refractivity contribution in [1.82, 2.24) is 5.32 Å². The van der Waals surface area contributed by atoms with Gasteiger partial charge in [0, 0.05) is 12.1 Å². The lowest BCUT2D eigenvalue weighted by Crippen LogP contribution is -2.40. The molecule has 0 aromatic heterocycles. The molecule has 0 spiro atoms. The van der Waals surface area contributed by atoms with E-state index in [1.807, 2.05) is 0 Å². The number of halogens is 1. The summed E-state index contributed by atoms with van der Waals surface area (Å²) in [6.45, 7) is 2.56. The Morgan fingerprint density at radius 3 is 2.55 bits per heavy atom. The average Bonchev–Trinajstić information content (AvgIpc) is 2.31. The molecule has 0 unspecified atom stereocenters. The Balaban J connectivity index is 2.15. The van der Waals surface area contributed by atoms with E-state index in [2.05, 4.69) is 12.2 Å². The molecule has 7 heteroatoms. The second kappa shape index (κ2) is 5.14. The van der Waals surface area contributed by atoms with Crippen LogP contribution in [0.15, 0.2) is 23.1 Å². The van der Waals surface area contributed by atoms with Gasteiger partial charge < -0.3 is 5.32 Å². The molecule has 0 saturated heterocycles. The van der Waals surface area contributed by atoms with Gasteiger partial charge >= 0.3 is 0 Å². The van der Waals surface area contributed by atoms with E-state index in [4.69, 9.17) is 5.14 Å². The van der Waals surface area contributed by atoms with Crippen molar-refractivity contribution in [2.24, 2.45) is 10.6 Å². The number of hydrogen-bond acceptors (Lipinski definition) is 3. The molecule has 0 aliphatic heterocycles. The predicted octanol–water partition coefficient (Wildman–Crippen LogP) is 1.39. The molecule has 1 fully saturated rings. The lowest BCUT2D eigenvalue weighted by molar-refractivity contribution is 0.0890. The second-order valence-electron chi connectivity index (χ2n) is 5.57. The van der Waals surface area contributed by atoms with Crippen molar-refractivity contribution in [3.8, 4) is 0 Å². The van der Waals surface area contributed by atoms with Crippen molar-refractivity contribution in [3.05, 3.63) is 29.6 Å². The summed E-state index contributed by atoms with van der Waals surface area (Å²) in [6.07, 6.45) is 3.22. The van der Waals surface area contributed by atoms with Crippen LogP contribution in [0.4, 0.5) is 4.39 Å². The van der Waals surface area contributed by atoms with Gasteiger partial charge in [-0.15, -0.1) is 0 Å². The Morgan fingerprint density at radius 2 is 2.05 bits per heavy atom. The van der Waals surface area contributed by atoms with Crippen molar-refractivity contribution in [2.75, 3.05) is 6.54 Å². The summed E-state index contributed by atoms with van der Waals surface area (Å²) >= 11 is 0. The molecule has 5 nitrogen and oxygen atoms in total. The van der Waals surface area contributed by atoms with Gasteiger partial charge in [0.05, 0.1) is 4.90 Å². The molecule has 0 atom stereocenters. The standard InChI is InChI=1S/C13H17FN2O3S/c1-13(3-2-4-13)8-16-12(17)9-5-10(14)7-11(6-9)20(15,18)19/h5-7H,2-4,8H2,1H3,(H,16,17)(H2,15,18,19). The lowest BCUT2D eigenvalue weighted by Gasteiger charge is -2.38. The first-order valence-corrected chi connectivity index (χ1v) is 7.86. The van der Waals surface area contributed by atoms with Crippen LogP contribution in [-0.4, -0.2) is 20.9 Å². The maximum absolute atomic E-state index is 13.4. The molecule has 110 valence electrons. The zero-order valence-corrected chi connectivity index (χ0v) is 12.0. The maximum Gasteiger partial charge on any atom is 0.251 e. The van der Waals surface area contributed by atoms with Crippen molar-refractivity contribution in [3.63, 3.8) is 0 Å². The number of carbonyl (C=O) groups excluding carboxylic acids is 1. The second-order valence-corrected chi connectivity index (χ2v) is 7.13. The fourth-order valence-corrected chi connectivity index (χ4v) is 2.78. The van der Waals surface area contributed by atoms with Crippen LogP contribution in [0.25, 0.3) is 0 Å². The van der Waals surface area contributed by atoms with Crippen molar-refractivity contribution >= 4 is 15.9 Å². The summed E-state index contributed by atoms with van der Waals surface area (Å²) in [4.78, 5) is 11.5. The highest BCUT2D eigenvalue weighted by Crippen LogP contribution is 2.39. The molecule has 0 heterocycles. The van der Waals surface area contributed by atoms with Crippen LogP contribution in [0, 0.1) is 11.2 Å². The molecule has 1 amide bonds. The monoisotopic (exact) mass is 300 g/mol. The molecule has 3 N–H and O–H groups in total. The van der Waals surface area contributed by atoms with Crippen molar-refractivity contribution in [2.45, 2.75) is 31.1 Å². The fraction of sp³-hybridized carbons (Fsp3) is 0.462. The summed E-state index contributed by atoms with van der Waals surface area (Å²) in [5, 5.41) is 7.65. The van der Waals surface area contributed by atoms with E-state index in [0.717, 1.165) is 37.5 Å². The van der Waals surface area contributed by atoms with Gasteiger partial charge in [-0.1, -0.05) is 13.3 Å². The van der Waals surface area contributed by atoms with Gasteiger partial charge in [-0.3, -0.25) is 4.79 Å². The molecule has 2 rings (SSSR count). The number of nitrogens with two attached hydrogens (primary N) is 1. The van der Waals surface area contributed by atoms with E-state index < -0.39 is 26.6 Å². The summed E-state index contributed by atoms with van der Waals surface area (Å²) in [5.74, 6) is -1.31. The number of rotatable bonds is 4. The minimum absolute atomic E-state index is 0.0445. The van der Waals surface area contributed by atoms with Crippen LogP contribution in [-0.2, 0) is 10.0 Å². The third-order valence-electron chi connectivity index (χ3n) is 3.70. The molecular formula is C13H17FN2O3S. The highest BCUT2D eigenvalue weighted by atomic mass is 32.2. The van der Waals surface area contributed by atoms with E-state index in [-0.39, 0.29) is 11.0 Å². The van der Waals surface area contributed by atoms with E-state index in [1.54, 1.807) is 0 Å². The van der Waals surface area contributed by atoms with Crippen LogP contribution in [0.2, 0.25) is 0 Å². The topological polar surface area (TPSA) is 89.3 Å². The van der Waals surface area contributed by atoms with Crippen molar-refractivity contribution in [1.29, 1.82) is 0 Å². The number of carbonyl (C=O) groups is 1. The van der Waals surface area contributed by atoms with Crippen LogP contribution < -0.4 is 10.5 Å². The fourth-order valence-electron chi connectivity index (χ4n) is 2.21. The quantitative estimate of drug-likeness (QED) is 0.880. The number of primary sulfonamides is 1. The Kier molecular flexibility index (Phi) is 3.84. The van der Waals surface area contributed by atoms with E-state index in [1.165, 1.54) is 0 Å². The Bertz CT molecular complexity index is 639. The Labute approximate surface area is 117 Å². The zero-order chi connectivity index (χ0) is 15.0. The number of hydrogen-bond donors (Lipinski definition) is 2. The summed E-state index contributed by atoms with van der Waals surface area (Å²) in [7, 11) is -4.04. The third-order valence-corrected chi connectivity index (χ3v) is 4.59. The van der Waals surface area contributed by atoms with E-state index in [9.17, 15) is 17.6 Å². The van der Waals surface area contributed by atoms with Gasteiger partial charge in [-0.05, 0) is 36.5 Å².